The molecule has 7 nitrogen and oxygen atoms in total. The van der Waals surface area contributed by atoms with E-state index in [9.17, 15) is 4.79 Å². The molecule has 1 amide bonds. The van der Waals surface area contributed by atoms with Crippen LogP contribution in [-0.2, 0) is 0 Å². The van der Waals surface area contributed by atoms with Gasteiger partial charge in [-0.25, -0.2) is 9.97 Å². The maximum atomic E-state index is 12.7. The van der Waals surface area contributed by atoms with Crippen molar-refractivity contribution in [3.63, 3.8) is 0 Å². The molecule has 3 heterocycles. The Morgan fingerprint density at radius 1 is 1.04 bits per heavy atom. The average molecular weight is 376 g/mol. The van der Waals surface area contributed by atoms with Gasteiger partial charge in [0.1, 0.15) is 0 Å². The number of piperazine rings is 1. The van der Waals surface area contributed by atoms with Gasteiger partial charge in [0.15, 0.2) is 0 Å². The highest BCUT2D eigenvalue weighted by Crippen LogP contribution is 2.20. The fourth-order valence-corrected chi connectivity index (χ4v) is 3.29. The number of rotatable bonds is 4. The number of hydrogen-bond donors (Lipinski definition) is 0. The molecule has 28 heavy (non-hydrogen) atoms. The van der Waals surface area contributed by atoms with Gasteiger partial charge in [0.05, 0.1) is 17.5 Å². The van der Waals surface area contributed by atoms with Crippen LogP contribution in [0, 0.1) is 0 Å². The summed E-state index contributed by atoms with van der Waals surface area (Å²) in [6.07, 6.45) is 5.27. The van der Waals surface area contributed by atoms with Crippen LogP contribution in [0.25, 0.3) is 11.3 Å². The van der Waals surface area contributed by atoms with E-state index < -0.39 is 0 Å². The van der Waals surface area contributed by atoms with Crippen molar-refractivity contribution in [2.45, 2.75) is 19.9 Å². The molecule has 0 aliphatic carbocycles. The van der Waals surface area contributed by atoms with Crippen molar-refractivity contribution >= 4 is 11.9 Å². The van der Waals surface area contributed by atoms with Crippen molar-refractivity contribution in [3.8, 4) is 11.3 Å². The summed E-state index contributed by atoms with van der Waals surface area (Å²) in [6, 6.07) is 12.2. The standard InChI is InChI=1S/C21H24N6O/c1-16(2)27-15-18(14-23-27)20(28)25-10-12-26(13-11-25)21-22-9-8-19(24-21)17-6-4-3-5-7-17/h3-9,14-16H,10-13H2,1-2H3. The summed E-state index contributed by atoms with van der Waals surface area (Å²) in [4.78, 5) is 25.9. The van der Waals surface area contributed by atoms with E-state index in [4.69, 9.17) is 4.98 Å². The number of carbonyl (C=O) groups is 1. The molecule has 1 fully saturated rings. The highest BCUT2D eigenvalue weighted by Gasteiger charge is 2.24. The first-order chi connectivity index (χ1) is 13.6. The minimum atomic E-state index is 0.0329. The van der Waals surface area contributed by atoms with E-state index in [1.54, 1.807) is 12.4 Å². The maximum absolute atomic E-state index is 12.7. The Balaban J connectivity index is 1.42. The van der Waals surface area contributed by atoms with E-state index in [1.165, 1.54) is 0 Å². The SMILES string of the molecule is CC(C)n1cc(C(=O)N2CCN(c3nccc(-c4ccccc4)n3)CC2)cn1. The van der Waals surface area contributed by atoms with Crippen LogP contribution in [0.4, 0.5) is 5.95 Å². The van der Waals surface area contributed by atoms with E-state index in [0.717, 1.165) is 11.3 Å². The van der Waals surface area contributed by atoms with Gasteiger partial charge in [0.25, 0.3) is 5.91 Å². The Bertz CT molecular complexity index is 944. The van der Waals surface area contributed by atoms with Crippen LogP contribution in [0.3, 0.4) is 0 Å². The molecular formula is C21H24N6O. The fourth-order valence-electron chi connectivity index (χ4n) is 3.29. The summed E-state index contributed by atoms with van der Waals surface area (Å²) in [5.41, 5.74) is 2.62. The van der Waals surface area contributed by atoms with Crippen molar-refractivity contribution in [2.75, 3.05) is 31.1 Å². The monoisotopic (exact) mass is 376 g/mol. The zero-order valence-electron chi connectivity index (χ0n) is 16.2. The van der Waals surface area contributed by atoms with Gasteiger partial charge in [-0.1, -0.05) is 30.3 Å². The molecule has 0 radical (unpaired) electrons. The molecule has 0 spiro atoms. The predicted octanol–water partition coefficient (Wildman–Crippen LogP) is 2.88. The zero-order valence-corrected chi connectivity index (χ0v) is 16.2. The van der Waals surface area contributed by atoms with Gasteiger partial charge in [-0.15, -0.1) is 0 Å². The zero-order chi connectivity index (χ0) is 19.5. The van der Waals surface area contributed by atoms with Gasteiger partial charge in [0, 0.05) is 50.2 Å². The highest BCUT2D eigenvalue weighted by molar-refractivity contribution is 5.93. The molecule has 1 saturated heterocycles. The second-order valence-corrected chi connectivity index (χ2v) is 7.19. The quantitative estimate of drug-likeness (QED) is 0.700. The van der Waals surface area contributed by atoms with E-state index >= 15 is 0 Å². The molecule has 1 aromatic carbocycles. The van der Waals surface area contributed by atoms with Gasteiger partial charge in [-0.3, -0.25) is 9.48 Å². The average Bonchev–Trinajstić information content (AvgIpc) is 3.25. The van der Waals surface area contributed by atoms with Crippen LogP contribution in [0.2, 0.25) is 0 Å². The van der Waals surface area contributed by atoms with E-state index in [0.29, 0.717) is 37.7 Å². The van der Waals surface area contributed by atoms with Crippen molar-refractivity contribution in [2.24, 2.45) is 0 Å². The highest BCUT2D eigenvalue weighted by atomic mass is 16.2. The summed E-state index contributed by atoms with van der Waals surface area (Å²) in [5, 5.41) is 4.27. The lowest BCUT2D eigenvalue weighted by Gasteiger charge is -2.34. The van der Waals surface area contributed by atoms with Crippen molar-refractivity contribution in [1.29, 1.82) is 0 Å². The van der Waals surface area contributed by atoms with Crippen LogP contribution in [0.5, 0.6) is 0 Å². The minimum absolute atomic E-state index is 0.0329. The number of amides is 1. The third-order valence-electron chi connectivity index (χ3n) is 4.94. The first-order valence-electron chi connectivity index (χ1n) is 9.58. The van der Waals surface area contributed by atoms with Crippen LogP contribution < -0.4 is 4.90 Å². The molecule has 2 aromatic heterocycles. The van der Waals surface area contributed by atoms with Crippen LogP contribution >= 0.6 is 0 Å². The molecule has 0 atom stereocenters. The maximum Gasteiger partial charge on any atom is 0.257 e. The molecule has 0 N–H and O–H groups in total. The summed E-state index contributed by atoms with van der Waals surface area (Å²) in [7, 11) is 0. The molecule has 3 aromatic rings. The Morgan fingerprint density at radius 3 is 2.46 bits per heavy atom. The number of nitrogens with zero attached hydrogens (tertiary/aromatic N) is 6. The van der Waals surface area contributed by atoms with Crippen LogP contribution in [-0.4, -0.2) is 56.7 Å². The lowest BCUT2D eigenvalue weighted by molar-refractivity contribution is 0.0746. The molecule has 1 aliphatic heterocycles. The first kappa shape index (κ1) is 18.2. The number of carbonyl (C=O) groups excluding carboxylic acids is 1. The van der Waals surface area contributed by atoms with Gasteiger partial charge >= 0.3 is 0 Å². The van der Waals surface area contributed by atoms with Crippen molar-refractivity contribution in [1.82, 2.24) is 24.6 Å². The number of aromatic nitrogens is 4. The summed E-state index contributed by atoms with van der Waals surface area (Å²) in [5.74, 6) is 0.742. The second-order valence-electron chi connectivity index (χ2n) is 7.19. The normalized spacial score (nSPS) is 14.5. The van der Waals surface area contributed by atoms with Gasteiger partial charge < -0.3 is 9.80 Å². The van der Waals surface area contributed by atoms with Gasteiger partial charge in [-0.2, -0.15) is 5.10 Å². The van der Waals surface area contributed by atoms with Gasteiger partial charge in [0.2, 0.25) is 5.95 Å². The lowest BCUT2D eigenvalue weighted by atomic mass is 10.1. The van der Waals surface area contributed by atoms with Crippen LogP contribution in [0.15, 0.2) is 55.0 Å². The van der Waals surface area contributed by atoms with Gasteiger partial charge in [-0.05, 0) is 19.9 Å². The predicted molar refractivity (Wildman–Crippen MR) is 108 cm³/mol. The Labute approximate surface area is 164 Å². The summed E-state index contributed by atoms with van der Waals surface area (Å²) >= 11 is 0. The Kier molecular flexibility index (Phi) is 5.06. The third-order valence-corrected chi connectivity index (χ3v) is 4.94. The smallest absolute Gasteiger partial charge is 0.257 e. The number of hydrogen-bond acceptors (Lipinski definition) is 5. The summed E-state index contributed by atoms with van der Waals surface area (Å²) in [6.45, 7) is 6.80. The Hall–Kier alpha value is -3.22. The molecular weight excluding hydrogens is 352 g/mol. The summed E-state index contributed by atoms with van der Waals surface area (Å²) < 4.78 is 1.81. The van der Waals surface area contributed by atoms with Crippen molar-refractivity contribution < 1.29 is 4.79 Å². The second kappa shape index (κ2) is 7.80. The molecule has 0 unspecified atom stereocenters. The van der Waals surface area contributed by atoms with E-state index in [-0.39, 0.29) is 11.9 Å². The van der Waals surface area contributed by atoms with E-state index in [1.807, 2.05) is 66.0 Å². The lowest BCUT2D eigenvalue weighted by Crippen LogP contribution is -2.49. The largest absolute Gasteiger partial charge is 0.337 e. The topological polar surface area (TPSA) is 67.2 Å². The van der Waals surface area contributed by atoms with Crippen molar-refractivity contribution in [3.05, 3.63) is 60.6 Å². The van der Waals surface area contributed by atoms with Crippen LogP contribution in [0.1, 0.15) is 30.2 Å². The number of anilines is 1. The molecule has 0 saturated carbocycles. The first-order valence-corrected chi connectivity index (χ1v) is 9.58. The molecule has 1 aliphatic rings. The molecule has 4 rings (SSSR count). The van der Waals surface area contributed by atoms with E-state index in [2.05, 4.69) is 15.0 Å². The Morgan fingerprint density at radius 2 is 1.79 bits per heavy atom. The minimum Gasteiger partial charge on any atom is -0.337 e. The molecule has 144 valence electrons. The molecule has 7 heteroatoms. The fraction of sp³-hybridized carbons (Fsp3) is 0.333. The number of benzene rings is 1. The molecule has 0 bridgehead atoms. The third kappa shape index (κ3) is 3.74.